The van der Waals surface area contributed by atoms with E-state index in [1.165, 1.54) is 0 Å². The molecule has 88 valence electrons. The second-order valence-electron chi connectivity index (χ2n) is 4.14. The quantitative estimate of drug-likeness (QED) is 0.795. The van der Waals surface area contributed by atoms with Crippen molar-refractivity contribution in [2.24, 2.45) is 7.05 Å². The monoisotopic (exact) mass is 223 g/mol. The van der Waals surface area contributed by atoms with Crippen LogP contribution in [0.3, 0.4) is 0 Å². The van der Waals surface area contributed by atoms with Crippen molar-refractivity contribution in [2.45, 2.75) is 19.8 Å². The van der Waals surface area contributed by atoms with Crippen LogP contribution in [0.1, 0.15) is 28.7 Å². The molecule has 0 bridgehead atoms. The van der Waals surface area contributed by atoms with Gasteiger partial charge in [-0.1, -0.05) is 6.92 Å². The smallest absolute Gasteiger partial charge is 0.356 e. The molecule has 0 saturated heterocycles. The van der Waals surface area contributed by atoms with Crippen molar-refractivity contribution in [1.82, 2.24) is 14.7 Å². The zero-order chi connectivity index (χ0) is 11.7. The molecule has 1 aliphatic heterocycles. The lowest BCUT2D eigenvalue weighted by Gasteiger charge is -2.16. The van der Waals surface area contributed by atoms with E-state index in [-0.39, 0.29) is 5.69 Å². The summed E-state index contributed by atoms with van der Waals surface area (Å²) in [5.74, 6) is -0.915. The summed E-state index contributed by atoms with van der Waals surface area (Å²) in [6.45, 7) is 5.06. The van der Waals surface area contributed by atoms with Crippen LogP contribution in [0.15, 0.2) is 0 Å². The molecular formula is C11H17N3O2. The van der Waals surface area contributed by atoms with Gasteiger partial charge in [0.15, 0.2) is 5.69 Å². The number of carboxylic acids is 1. The lowest BCUT2D eigenvalue weighted by Crippen LogP contribution is -2.26. The molecule has 1 aromatic heterocycles. The van der Waals surface area contributed by atoms with Crippen LogP contribution in [-0.4, -0.2) is 45.4 Å². The van der Waals surface area contributed by atoms with E-state index < -0.39 is 5.97 Å². The molecule has 0 saturated carbocycles. The topological polar surface area (TPSA) is 58.4 Å². The number of carboxylic acid groups (broad SMARTS) is 1. The Morgan fingerprint density at radius 2 is 2.12 bits per heavy atom. The average Bonchev–Trinajstić information content (AvgIpc) is 2.47. The van der Waals surface area contributed by atoms with Crippen molar-refractivity contribution in [1.29, 1.82) is 0 Å². The molecule has 0 aliphatic carbocycles. The lowest BCUT2D eigenvalue weighted by atomic mass is 10.1. The predicted molar refractivity (Wildman–Crippen MR) is 59.7 cm³/mol. The molecule has 0 radical (unpaired) electrons. The number of aromatic carboxylic acids is 1. The van der Waals surface area contributed by atoms with Crippen molar-refractivity contribution in [3.8, 4) is 0 Å². The minimum absolute atomic E-state index is 0.232. The fourth-order valence-corrected chi connectivity index (χ4v) is 2.31. The van der Waals surface area contributed by atoms with Crippen LogP contribution in [0.4, 0.5) is 0 Å². The van der Waals surface area contributed by atoms with E-state index in [9.17, 15) is 4.79 Å². The Morgan fingerprint density at radius 1 is 1.44 bits per heavy atom. The van der Waals surface area contributed by atoms with Crippen LogP contribution in [0, 0.1) is 0 Å². The maximum absolute atomic E-state index is 11.1. The Morgan fingerprint density at radius 3 is 2.75 bits per heavy atom. The number of aromatic nitrogens is 2. The van der Waals surface area contributed by atoms with Gasteiger partial charge in [0.1, 0.15) is 0 Å². The minimum Gasteiger partial charge on any atom is -0.476 e. The highest BCUT2D eigenvalue weighted by Crippen LogP contribution is 2.19. The third kappa shape index (κ3) is 1.82. The van der Waals surface area contributed by atoms with Gasteiger partial charge in [-0.2, -0.15) is 5.10 Å². The van der Waals surface area contributed by atoms with Gasteiger partial charge in [-0.25, -0.2) is 4.79 Å². The first kappa shape index (κ1) is 11.1. The zero-order valence-electron chi connectivity index (χ0n) is 9.73. The average molecular weight is 223 g/mol. The normalized spacial score (nSPS) is 16.9. The van der Waals surface area contributed by atoms with E-state index in [4.69, 9.17) is 5.11 Å². The zero-order valence-corrected chi connectivity index (χ0v) is 9.73. The second-order valence-corrected chi connectivity index (χ2v) is 4.14. The highest BCUT2D eigenvalue weighted by Gasteiger charge is 2.23. The Hall–Kier alpha value is -1.36. The Bertz CT molecular complexity index is 412. The van der Waals surface area contributed by atoms with E-state index in [2.05, 4.69) is 16.9 Å². The summed E-state index contributed by atoms with van der Waals surface area (Å²) in [6.07, 6.45) is 1.68. The second kappa shape index (κ2) is 4.25. The van der Waals surface area contributed by atoms with Crippen LogP contribution in [0.2, 0.25) is 0 Å². The summed E-state index contributed by atoms with van der Waals surface area (Å²) < 4.78 is 1.72. The molecule has 5 heteroatoms. The van der Waals surface area contributed by atoms with Crippen molar-refractivity contribution in [3.05, 3.63) is 17.0 Å². The van der Waals surface area contributed by atoms with Crippen molar-refractivity contribution < 1.29 is 9.90 Å². The maximum atomic E-state index is 11.1. The van der Waals surface area contributed by atoms with Gasteiger partial charge in [-0.3, -0.25) is 4.68 Å². The fourth-order valence-electron chi connectivity index (χ4n) is 2.31. The number of hydrogen-bond donors (Lipinski definition) is 1. The van der Waals surface area contributed by atoms with Gasteiger partial charge in [-0.15, -0.1) is 0 Å². The van der Waals surface area contributed by atoms with Crippen LogP contribution >= 0.6 is 0 Å². The number of rotatable bonds is 2. The standard InChI is InChI=1S/C11H17N3O2/c1-3-14-6-4-8-9(5-7-14)13(2)12-10(8)11(15)16/h3-7H2,1-2H3,(H,15,16). The first-order chi connectivity index (χ1) is 7.63. The number of carbonyl (C=O) groups is 1. The maximum Gasteiger partial charge on any atom is 0.356 e. The summed E-state index contributed by atoms with van der Waals surface area (Å²) in [4.78, 5) is 13.4. The Labute approximate surface area is 94.7 Å². The summed E-state index contributed by atoms with van der Waals surface area (Å²) in [5.41, 5.74) is 2.23. The van der Waals surface area contributed by atoms with Gasteiger partial charge >= 0.3 is 5.97 Å². The largest absolute Gasteiger partial charge is 0.476 e. The summed E-state index contributed by atoms with van der Waals surface area (Å²) in [7, 11) is 1.83. The summed E-state index contributed by atoms with van der Waals surface area (Å²) in [5, 5.41) is 13.2. The van der Waals surface area contributed by atoms with Gasteiger partial charge in [0.05, 0.1) is 0 Å². The highest BCUT2D eigenvalue weighted by molar-refractivity contribution is 5.87. The van der Waals surface area contributed by atoms with Gasteiger partial charge < -0.3 is 10.0 Å². The number of likely N-dealkylation sites (N-methyl/N-ethyl adjacent to an activating group) is 1. The van der Waals surface area contributed by atoms with E-state index in [1.807, 2.05) is 7.05 Å². The van der Waals surface area contributed by atoms with E-state index in [0.717, 1.165) is 43.7 Å². The fraction of sp³-hybridized carbons (Fsp3) is 0.636. The summed E-state index contributed by atoms with van der Waals surface area (Å²) in [6, 6.07) is 0. The van der Waals surface area contributed by atoms with Gasteiger partial charge in [-0.05, 0) is 13.0 Å². The molecule has 0 unspecified atom stereocenters. The first-order valence-corrected chi connectivity index (χ1v) is 5.64. The molecule has 0 atom stereocenters. The molecule has 1 aliphatic rings. The van der Waals surface area contributed by atoms with Gasteiger partial charge in [0, 0.05) is 37.8 Å². The molecule has 5 nitrogen and oxygen atoms in total. The Kier molecular flexibility index (Phi) is 2.96. The lowest BCUT2D eigenvalue weighted by molar-refractivity contribution is 0.0688. The highest BCUT2D eigenvalue weighted by atomic mass is 16.4. The van der Waals surface area contributed by atoms with Crippen molar-refractivity contribution in [3.63, 3.8) is 0 Å². The third-order valence-electron chi connectivity index (χ3n) is 3.27. The van der Waals surface area contributed by atoms with E-state index in [0.29, 0.717) is 0 Å². The van der Waals surface area contributed by atoms with Crippen molar-refractivity contribution in [2.75, 3.05) is 19.6 Å². The Balaban J connectivity index is 2.35. The number of hydrogen-bond acceptors (Lipinski definition) is 3. The van der Waals surface area contributed by atoms with E-state index >= 15 is 0 Å². The van der Waals surface area contributed by atoms with Gasteiger partial charge in [0.25, 0.3) is 0 Å². The number of aryl methyl sites for hydroxylation is 1. The molecule has 2 rings (SSSR count). The predicted octanol–water partition coefficient (Wildman–Crippen LogP) is 0.539. The van der Waals surface area contributed by atoms with Crippen LogP contribution in [0.5, 0.6) is 0 Å². The molecule has 2 heterocycles. The SMILES string of the molecule is CCN1CCc2c(C(=O)O)nn(C)c2CC1. The molecule has 0 aromatic carbocycles. The molecule has 1 aromatic rings. The minimum atomic E-state index is -0.915. The van der Waals surface area contributed by atoms with Crippen LogP contribution in [0.25, 0.3) is 0 Å². The van der Waals surface area contributed by atoms with Crippen LogP contribution in [-0.2, 0) is 19.9 Å². The van der Waals surface area contributed by atoms with Crippen molar-refractivity contribution >= 4 is 5.97 Å². The first-order valence-electron chi connectivity index (χ1n) is 5.64. The molecule has 16 heavy (non-hydrogen) atoms. The van der Waals surface area contributed by atoms with Gasteiger partial charge in [0.2, 0.25) is 0 Å². The third-order valence-corrected chi connectivity index (χ3v) is 3.27. The molecule has 0 amide bonds. The molecule has 1 N–H and O–H groups in total. The summed E-state index contributed by atoms with van der Waals surface area (Å²) >= 11 is 0. The molecule has 0 fully saturated rings. The van der Waals surface area contributed by atoms with Crippen LogP contribution < -0.4 is 0 Å². The molecular weight excluding hydrogens is 206 g/mol. The van der Waals surface area contributed by atoms with E-state index in [1.54, 1.807) is 4.68 Å². The molecule has 0 spiro atoms. The number of fused-ring (bicyclic) bond motifs is 1. The number of nitrogens with zero attached hydrogens (tertiary/aromatic N) is 3.